The number of halogens is 1. The molecule has 2 aliphatic heterocycles. The number of rotatable bonds is 2. The van der Waals surface area contributed by atoms with Crippen LogP contribution in [0.25, 0.3) is 0 Å². The fourth-order valence-corrected chi connectivity index (χ4v) is 3.98. The molecular formula is C12H15IN2O6. The van der Waals surface area contributed by atoms with Crippen molar-refractivity contribution in [3.63, 3.8) is 0 Å². The molecule has 1 aromatic rings. The van der Waals surface area contributed by atoms with Crippen molar-refractivity contribution in [2.75, 3.05) is 0 Å². The van der Waals surface area contributed by atoms with Crippen LogP contribution in [0, 0.1) is 6.92 Å². The standard InChI is InChI=1S/C12H15IN2O6/c1-4-3-15(11(19)14-8(4)17)9-6-7(16)12(21-9,10(13)18)5(2)20-6/h3,5-7,9-10,16,18H,1-2H3,(H,14,17,19)/t5-,6+,7-,9+,10-,12?/m0/s1. The summed E-state index contributed by atoms with van der Waals surface area (Å²) >= 11 is 1.75. The molecule has 0 aromatic carbocycles. The zero-order valence-electron chi connectivity index (χ0n) is 11.3. The van der Waals surface area contributed by atoms with E-state index in [1.807, 2.05) is 0 Å². The van der Waals surface area contributed by atoms with Gasteiger partial charge in [-0.05, 0) is 36.4 Å². The Labute approximate surface area is 132 Å². The van der Waals surface area contributed by atoms with Crippen molar-refractivity contribution >= 4 is 22.6 Å². The van der Waals surface area contributed by atoms with Gasteiger partial charge in [-0.15, -0.1) is 0 Å². The molecule has 3 N–H and O–H groups in total. The molecule has 6 atom stereocenters. The lowest BCUT2D eigenvalue weighted by molar-refractivity contribution is -0.222. The largest absolute Gasteiger partial charge is 0.387 e. The van der Waals surface area contributed by atoms with E-state index in [0.717, 1.165) is 0 Å². The topological polar surface area (TPSA) is 114 Å². The van der Waals surface area contributed by atoms with Gasteiger partial charge in [0.15, 0.2) is 11.8 Å². The Morgan fingerprint density at radius 1 is 1.52 bits per heavy atom. The average Bonchev–Trinajstić information content (AvgIpc) is 2.82. The minimum absolute atomic E-state index is 0.340. The summed E-state index contributed by atoms with van der Waals surface area (Å²) in [5.41, 5.74) is -2.07. The summed E-state index contributed by atoms with van der Waals surface area (Å²) in [6.07, 6.45) is -1.90. The fourth-order valence-electron chi connectivity index (χ4n) is 2.96. The highest BCUT2D eigenvalue weighted by molar-refractivity contribution is 14.1. The third-order valence-corrected chi connectivity index (χ3v) is 5.14. The van der Waals surface area contributed by atoms with Crippen molar-refractivity contribution in [2.45, 2.75) is 48.1 Å². The Balaban J connectivity index is 2.07. The molecular weight excluding hydrogens is 395 g/mol. The number of aliphatic hydroxyl groups excluding tert-OH is 2. The lowest BCUT2D eigenvalue weighted by atomic mass is 9.94. The average molecular weight is 410 g/mol. The second-order valence-corrected chi connectivity index (χ2v) is 6.54. The number of alkyl halides is 1. The normalized spacial score (nSPS) is 39.7. The number of aromatic nitrogens is 2. The molecule has 0 saturated carbocycles. The molecule has 2 bridgehead atoms. The maximum Gasteiger partial charge on any atom is 0.330 e. The van der Waals surface area contributed by atoms with Crippen LogP contribution in [0.1, 0.15) is 18.7 Å². The molecule has 9 heteroatoms. The number of aliphatic hydroxyl groups is 2. The molecule has 0 aliphatic carbocycles. The summed E-state index contributed by atoms with van der Waals surface area (Å²) in [5.74, 6) is 0. The molecule has 0 amide bonds. The Morgan fingerprint density at radius 2 is 2.19 bits per heavy atom. The van der Waals surface area contributed by atoms with E-state index in [1.165, 1.54) is 10.8 Å². The Hall–Kier alpha value is -0.750. The number of hydrogen-bond acceptors (Lipinski definition) is 6. The number of aryl methyl sites for hydroxylation is 1. The van der Waals surface area contributed by atoms with Crippen LogP contribution in [0.3, 0.4) is 0 Å². The van der Waals surface area contributed by atoms with E-state index < -0.39 is 45.5 Å². The first-order valence-electron chi connectivity index (χ1n) is 6.44. The minimum Gasteiger partial charge on any atom is -0.387 e. The molecule has 1 unspecified atom stereocenters. The monoisotopic (exact) mass is 410 g/mol. The molecule has 2 fully saturated rings. The van der Waals surface area contributed by atoms with Gasteiger partial charge in [-0.2, -0.15) is 0 Å². The van der Waals surface area contributed by atoms with Gasteiger partial charge in [-0.3, -0.25) is 14.3 Å². The molecule has 3 rings (SSSR count). The van der Waals surface area contributed by atoms with E-state index in [2.05, 4.69) is 4.98 Å². The maximum absolute atomic E-state index is 11.9. The second-order valence-electron chi connectivity index (χ2n) is 5.36. The van der Waals surface area contributed by atoms with Crippen LogP contribution < -0.4 is 11.2 Å². The highest BCUT2D eigenvalue weighted by atomic mass is 127. The van der Waals surface area contributed by atoms with Gasteiger partial charge in [0.2, 0.25) is 0 Å². The lowest BCUT2D eigenvalue weighted by Gasteiger charge is -2.37. The van der Waals surface area contributed by atoms with E-state index in [-0.39, 0.29) is 0 Å². The first-order chi connectivity index (χ1) is 9.79. The zero-order valence-corrected chi connectivity index (χ0v) is 13.5. The molecule has 1 aromatic heterocycles. The van der Waals surface area contributed by atoms with E-state index in [1.54, 1.807) is 36.4 Å². The van der Waals surface area contributed by atoms with Crippen LogP contribution in [0.15, 0.2) is 15.8 Å². The van der Waals surface area contributed by atoms with Crippen molar-refractivity contribution in [1.82, 2.24) is 9.55 Å². The van der Waals surface area contributed by atoms with Crippen molar-refractivity contribution < 1.29 is 19.7 Å². The van der Waals surface area contributed by atoms with Crippen LogP contribution in [-0.2, 0) is 9.47 Å². The molecule has 2 saturated heterocycles. The number of hydrogen-bond donors (Lipinski definition) is 3. The second kappa shape index (κ2) is 4.88. The molecule has 21 heavy (non-hydrogen) atoms. The Bertz CT molecular complexity index is 685. The van der Waals surface area contributed by atoms with E-state index >= 15 is 0 Å². The summed E-state index contributed by atoms with van der Waals surface area (Å²) < 4.78 is 11.6. The quantitative estimate of drug-likeness (QED) is 0.427. The summed E-state index contributed by atoms with van der Waals surface area (Å²) in [7, 11) is 0. The van der Waals surface area contributed by atoms with Gasteiger partial charge in [0, 0.05) is 11.8 Å². The fraction of sp³-hybridized carbons (Fsp3) is 0.667. The molecule has 2 aliphatic rings. The van der Waals surface area contributed by atoms with Crippen LogP contribution in [0.2, 0.25) is 0 Å². The van der Waals surface area contributed by atoms with Gasteiger partial charge in [0.25, 0.3) is 5.56 Å². The smallest absolute Gasteiger partial charge is 0.330 e. The summed E-state index contributed by atoms with van der Waals surface area (Å²) in [6.45, 7) is 3.26. The molecule has 8 nitrogen and oxygen atoms in total. The molecule has 3 heterocycles. The third kappa shape index (κ3) is 1.95. The predicted octanol–water partition coefficient (Wildman–Crippen LogP) is -0.986. The highest BCUT2D eigenvalue weighted by Gasteiger charge is 2.68. The molecule has 0 radical (unpaired) electrons. The molecule has 116 valence electrons. The summed E-state index contributed by atoms with van der Waals surface area (Å²) in [5, 5.41) is 20.3. The van der Waals surface area contributed by atoms with Gasteiger partial charge in [-0.1, -0.05) is 0 Å². The summed E-state index contributed by atoms with van der Waals surface area (Å²) in [4.78, 5) is 25.5. The van der Waals surface area contributed by atoms with Crippen LogP contribution in [0.4, 0.5) is 0 Å². The zero-order chi connectivity index (χ0) is 15.5. The number of aromatic amines is 1. The lowest BCUT2D eigenvalue weighted by Crippen LogP contribution is -2.53. The van der Waals surface area contributed by atoms with Gasteiger partial charge >= 0.3 is 5.69 Å². The van der Waals surface area contributed by atoms with Gasteiger partial charge in [0.05, 0.1) is 6.10 Å². The van der Waals surface area contributed by atoms with Gasteiger partial charge in [-0.25, -0.2) is 4.79 Å². The number of H-pyrrole nitrogens is 1. The SMILES string of the molecule is Cc1cn([C@@H]2OC3([C@H](O)I)[C@H](C)O[C@@H]2[C@@H]3O)c(=O)[nH]c1=O. The van der Waals surface area contributed by atoms with Crippen LogP contribution in [0.5, 0.6) is 0 Å². The first-order valence-corrected chi connectivity index (χ1v) is 7.69. The minimum atomic E-state index is -1.29. The van der Waals surface area contributed by atoms with Crippen LogP contribution in [-0.4, -0.2) is 47.8 Å². The number of nitrogens with one attached hydrogen (secondary N) is 1. The van der Waals surface area contributed by atoms with E-state index in [0.29, 0.717) is 5.56 Å². The van der Waals surface area contributed by atoms with E-state index in [9.17, 15) is 19.8 Å². The number of fused-ring (bicyclic) bond motifs is 2. The van der Waals surface area contributed by atoms with Gasteiger partial charge in [0.1, 0.15) is 16.3 Å². The van der Waals surface area contributed by atoms with Crippen molar-refractivity contribution in [3.8, 4) is 0 Å². The van der Waals surface area contributed by atoms with E-state index in [4.69, 9.17) is 9.47 Å². The van der Waals surface area contributed by atoms with Crippen molar-refractivity contribution in [2.24, 2.45) is 0 Å². The predicted molar refractivity (Wildman–Crippen MR) is 79.3 cm³/mol. The Morgan fingerprint density at radius 3 is 2.76 bits per heavy atom. The first kappa shape index (κ1) is 15.2. The van der Waals surface area contributed by atoms with Crippen LogP contribution >= 0.6 is 22.6 Å². The number of ether oxygens (including phenoxy) is 2. The highest BCUT2D eigenvalue weighted by Crippen LogP contribution is 2.51. The van der Waals surface area contributed by atoms with Crippen molar-refractivity contribution in [3.05, 3.63) is 32.6 Å². The maximum atomic E-state index is 11.9. The summed E-state index contributed by atoms with van der Waals surface area (Å²) in [6, 6.07) is 0. The Kier molecular flexibility index (Phi) is 3.52. The number of nitrogens with zero attached hydrogens (tertiary/aromatic N) is 1. The molecule has 0 spiro atoms. The van der Waals surface area contributed by atoms with Crippen molar-refractivity contribution in [1.29, 1.82) is 0 Å². The van der Waals surface area contributed by atoms with Gasteiger partial charge < -0.3 is 19.7 Å². The third-order valence-electron chi connectivity index (χ3n) is 4.17.